The summed E-state index contributed by atoms with van der Waals surface area (Å²) >= 11 is 0. The number of aromatic nitrogens is 3. The summed E-state index contributed by atoms with van der Waals surface area (Å²) in [7, 11) is 0. The molecule has 4 heteroatoms. The molecule has 1 rings (SSSR count). The fraction of sp³-hybridized carbons (Fsp3) is 0.867. The van der Waals surface area contributed by atoms with E-state index < -0.39 is 0 Å². The molecule has 4 nitrogen and oxygen atoms in total. The molecule has 0 aliphatic rings. The Hall–Kier alpha value is -0.900. The van der Waals surface area contributed by atoms with Gasteiger partial charge in [0, 0.05) is 25.0 Å². The van der Waals surface area contributed by atoms with Crippen LogP contribution < -0.4 is 5.32 Å². The normalized spacial score (nSPS) is 15.2. The molecule has 0 spiro atoms. The summed E-state index contributed by atoms with van der Waals surface area (Å²) in [6.45, 7) is 14.3. The van der Waals surface area contributed by atoms with Gasteiger partial charge in [0.15, 0.2) is 0 Å². The van der Waals surface area contributed by atoms with Crippen molar-refractivity contribution in [2.45, 2.75) is 72.9 Å². The monoisotopic (exact) mass is 266 g/mol. The summed E-state index contributed by atoms with van der Waals surface area (Å²) in [5, 5.41) is 7.91. The molecule has 1 N–H and O–H groups in total. The van der Waals surface area contributed by atoms with Crippen LogP contribution in [0.5, 0.6) is 0 Å². The van der Waals surface area contributed by atoms with Crippen LogP contribution in [0.25, 0.3) is 0 Å². The molecule has 0 aliphatic carbocycles. The smallest absolute Gasteiger partial charge is 0.138 e. The second-order valence-corrected chi connectivity index (χ2v) is 6.49. The van der Waals surface area contributed by atoms with E-state index in [4.69, 9.17) is 0 Å². The quantitative estimate of drug-likeness (QED) is 0.785. The van der Waals surface area contributed by atoms with Gasteiger partial charge < -0.3 is 5.32 Å². The lowest BCUT2D eigenvalue weighted by Crippen LogP contribution is -2.37. The van der Waals surface area contributed by atoms with Gasteiger partial charge in [-0.2, -0.15) is 5.10 Å². The standard InChI is InChI=1S/C15H30N4/c1-7-8-15(6,10-16-12(2)3)9-14-17-11-18-19(14)13(4)5/h11-13,16H,7-10H2,1-6H3. The summed E-state index contributed by atoms with van der Waals surface area (Å²) in [6.07, 6.45) is 5.07. The summed E-state index contributed by atoms with van der Waals surface area (Å²) in [5.41, 5.74) is 0.249. The van der Waals surface area contributed by atoms with E-state index in [9.17, 15) is 0 Å². The van der Waals surface area contributed by atoms with Crippen LogP contribution in [-0.4, -0.2) is 27.4 Å². The Morgan fingerprint density at radius 3 is 2.53 bits per heavy atom. The van der Waals surface area contributed by atoms with Crippen molar-refractivity contribution in [3.8, 4) is 0 Å². The largest absolute Gasteiger partial charge is 0.314 e. The summed E-state index contributed by atoms with van der Waals surface area (Å²) in [4.78, 5) is 4.46. The first-order valence-electron chi connectivity index (χ1n) is 7.49. The lowest BCUT2D eigenvalue weighted by Gasteiger charge is -2.30. The van der Waals surface area contributed by atoms with Crippen molar-refractivity contribution in [3.05, 3.63) is 12.2 Å². The second-order valence-electron chi connectivity index (χ2n) is 6.49. The van der Waals surface area contributed by atoms with Crippen LogP contribution in [0.2, 0.25) is 0 Å². The first-order valence-corrected chi connectivity index (χ1v) is 7.49. The number of rotatable bonds is 8. The minimum Gasteiger partial charge on any atom is -0.314 e. The third kappa shape index (κ3) is 4.94. The van der Waals surface area contributed by atoms with Crippen LogP contribution in [0.15, 0.2) is 6.33 Å². The SMILES string of the molecule is CCCC(C)(CNC(C)C)Cc1ncnn1C(C)C. The van der Waals surface area contributed by atoms with E-state index in [1.165, 1.54) is 12.8 Å². The Kier molecular flexibility index (Phi) is 5.98. The average Bonchev–Trinajstić information content (AvgIpc) is 2.75. The Balaban J connectivity index is 2.79. The molecule has 1 unspecified atom stereocenters. The Labute approximate surface area is 118 Å². The summed E-state index contributed by atoms with van der Waals surface area (Å²) < 4.78 is 2.04. The maximum atomic E-state index is 4.46. The summed E-state index contributed by atoms with van der Waals surface area (Å²) in [5.74, 6) is 1.11. The first-order chi connectivity index (χ1) is 8.88. The van der Waals surface area contributed by atoms with Crippen LogP contribution in [-0.2, 0) is 6.42 Å². The molecule has 19 heavy (non-hydrogen) atoms. The average molecular weight is 266 g/mol. The molecule has 0 saturated carbocycles. The van der Waals surface area contributed by atoms with Crippen molar-refractivity contribution in [1.29, 1.82) is 0 Å². The number of hydrogen-bond donors (Lipinski definition) is 1. The Bertz CT molecular complexity index is 370. The fourth-order valence-electron chi connectivity index (χ4n) is 2.51. The topological polar surface area (TPSA) is 42.7 Å². The highest BCUT2D eigenvalue weighted by molar-refractivity contribution is 4.94. The minimum atomic E-state index is 0.249. The highest BCUT2D eigenvalue weighted by Crippen LogP contribution is 2.27. The Morgan fingerprint density at radius 1 is 1.32 bits per heavy atom. The van der Waals surface area contributed by atoms with Crippen molar-refractivity contribution in [2.24, 2.45) is 5.41 Å². The number of hydrogen-bond acceptors (Lipinski definition) is 3. The zero-order valence-corrected chi connectivity index (χ0v) is 13.4. The van der Waals surface area contributed by atoms with E-state index in [1.54, 1.807) is 6.33 Å². The van der Waals surface area contributed by atoms with Crippen LogP contribution in [0.3, 0.4) is 0 Å². The van der Waals surface area contributed by atoms with Gasteiger partial charge in [0.25, 0.3) is 0 Å². The molecule has 0 amide bonds. The molecule has 0 aromatic carbocycles. The molecule has 1 heterocycles. The van der Waals surface area contributed by atoms with Crippen LogP contribution in [0, 0.1) is 5.41 Å². The van der Waals surface area contributed by atoms with Gasteiger partial charge in [-0.15, -0.1) is 0 Å². The van der Waals surface area contributed by atoms with Gasteiger partial charge in [0.05, 0.1) is 0 Å². The van der Waals surface area contributed by atoms with E-state index in [2.05, 4.69) is 56.9 Å². The van der Waals surface area contributed by atoms with Gasteiger partial charge in [-0.05, 0) is 25.7 Å². The van der Waals surface area contributed by atoms with Crippen molar-refractivity contribution in [2.75, 3.05) is 6.54 Å². The predicted molar refractivity (Wildman–Crippen MR) is 80.3 cm³/mol. The van der Waals surface area contributed by atoms with Gasteiger partial charge in [0.1, 0.15) is 12.2 Å². The lowest BCUT2D eigenvalue weighted by atomic mass is 9.81. The molecule has 1 aromatic rings. The van der Waals surface area contributed by atoms with E-state index in [0.717, 1.165) is 18.8 Å². The van der Waals surface area contributed by atoms with Crippen molar-refractivity contribution in [3.63, 3.8) is 0 Å². The number of nitrogens with one attached hydrogen (secondary N) is 1. The van der Waals surface area contributed by atoms with Crippen molar-refractivity contribution in [1.82, 2.24) is 20.1 Å². The molecule has 1 aromatic heterocycles. The third-order valence-electron chi connectivity index (χ3n) is 3.51. The van der Waals surface area contributed by atoms with E-state index in [1.807, 2.05) is 4.68 Å². The molecular weight excluding hydrogens is 236 g/mol. The van der Waals surface area contributed by atoms with Gasteiger partial charge in [-0.25, -0.2) is 9.67 Å². The molecule has 0 radical (unpaired) electrons. The second kappa shape index (κ2) is 7.04. The predicted octanol–water partition coefficient (Wildman–Crippen LogP) is 3.21. The van der Waals surface area contributed by atoms with Crippen LogP contribution in [0.4, 0.5) is 0 Å². The number of nitrogens with zero attached hydrogens (tertiary/aromatic N) is 3. The molecule has 0 aliphatic heterocycles. The van der Waals surface area contributed by atoms with E-state index >= 15 is 0 Å². The minimum absolute atomic E-state index is 0.249. The van der Waals surface area contributed by atoms with Gasteiger partial charge >= 0.3 is 0 Å². The van der Waals surface area contributed by atoms with E-state index in [-0.39, 0.29) is 5.41 Å². The molecule has 1 atom stereocenters. The van der Waals surface area contributed by atoms with Gasteiger partial charge in [-0.3, -0.25) is 0 Å². The lowest BCUT2D eigenvalue weighted by molar-refractivity contribution is 0.256. The van der Waals surface area contributed by atoms with Crippen molar-refractivity contribution < 1.29 is 0 Å². The molecular formula is C15H30N4. The van der Waals surface area contributed by atoms with Gasteiger partial charge in [-0.1, -0.05) is 34.1 Å². The highest BCUT2D eigenvalue weighted by atomic mass is 15.3. The highest BCUT2D eigenvalue weighted by Gasteiger charge is 2.26. The van der Waals surface area contributed by atoms with Crippen LogP contribution in [0.1, 0.15) is 66.3 Å². The van der Waals surface area contributed by atoms with Crippen LogP contribution >= 0.6 is 0 Å². The Morgan fingerprint density at radius 2 is 2.00 bits per heavy atom. The third-order valence-corrected chi connectivity index (χ3v) is 3.51. The van der Waals surface area contributed by atoms with Gasteiger partial charge in [0.2, 0.25) is 0 Å². The van der Waals surface area contributed by atoms with Crippen molar-refractivity contribution >= 4 is 0 Å². The van der Waals surface area contributed by atoms with E-state index in [0.29, 0.717) is 12.1 Å². The zero-order chi connectivity index (χ0) is 14.5. The maximum absolute atomic E-state index is 4.46. The zero-order valence-electron chi connectivity index (χ0n) is 13.4. The molecule has 0 bridgehead atoms. The fourth-order valence-corrected chi connectivity index (χ4v) is 2.51. The molecule has 0 saturated heterocycles. The maximum Gasteiger partial charge on any atom is 0.138 e. The first kappa shape index (κ1) is 16.2. The molecule has 0 fully saturated rings. The molecule has 110 valence electrons. The summed E-state index contributed by atoms with van der Waals surface area (Å²) in [6, 6.07) is 0.903.